The predicted octanol–water partition coefficient (Wildman–Crippen LogP) is 1.89. The number of ether oxygens (including phenoxy) is 1. The summed E-state index contributed by atoms with van der Waals surface area (Å²) in [6, 6.07) is 16.0. The molecule has 0 bridgehead atoms. The summed E-state index contributed by atoms with van der Waals surface area (Å²) in [7, 11) is 0. The number of primary amides is 1. The Bertz CT molecular complexity index is 1750. The number of rotatable bonds is 6. The fourth-order valence-corrected chi connectivity index (χ4v) is 4.55. The molecule has 0 saturated carbocycles. The molecule has 0 aliphatic carbocycles. The number of nitrogens with two attached hydrogens (primary N) is 1. The van der Waals surface area contributed by atoms with Crippen molar-refractivity contribution in [1.82, 2.24) is 20.3 Å². The fourth-order valence-electron chi connectivity index (χ4n) is 4.55. The molecule has 39 heavy (non-hydrogen) atoms. The van der Waals surface area contributed by atoms with E-state index in [4.69, 9.17) is 15.5 Å². The maximum absolute atomic E-state index is 12.7. The normalized spacial score (nSPS) is 14.5. The first-order valence-corrected chi connectivity index (χ1v) is 12.2. The number of para-hydroxylation sites is 1. The van der Waals surface area contributed by atoms with Crippen LogP contribution in [0, 0.1) is 11.8 Å². The van der Waals surface area contributed by atoms with Crippen molar-refractivity contribution in [3.8, 4) is 34.6 Å². The molecule has 11 nitrogen and oxygen atoms in total. The minimum atomic E-state index is -0.926. The maximum Gasteiger partial charge on any atom is 0.314 e. The molecule has 2 aromatic heterocycles. The van der Waals surface area contributed by atoms with Crippen molar-refractivity contribution in [2.45, 2.75) is 19.4 Å². The molecule has 1 atom stereocenters. The second-order valence-electron chi connectivity index (χ2n) is 8.90. The predicted molar refractivity (Wildman–Crippen MR) is 146 cm³/mol. The molecule has 3 heterocycles. The largest absolute Gasteiger partial charge is 0.457 e. The Labute approximate surface area is 222 Å². The minimum Gasteiger partial charge on any atom is -0.457 e. The van der Waals surface area contributed by atoms with Gasteiger partial charge in [-0.2, -0.15) is 0 Å². The van der Waals surface area contributed by atoms with Crippen molar-refractivity contribution >= 4 is 28.7 Å². The van der Waals surface area contributed by atoms with Gasteiger partial charge in [-0.1, -0.05) is 24.1 Å². The second-order valence-corrected chi connectivity index (χ2v) is 8.90. The van der Waals surface area contributed by atoms with E-state index in [1.165, 1.54) is 0 Å². The number of aromatic amines is 2. The average molecular weight is 525 g/mol. The van der Waals surface area contributed by atoms with Gasteiger partial charge < -0.3 is 30.7 Å². The van der Waals surface area contributed by atoms with Crippen LogP contribution < -0.4 is 31.8 Å². The molecule has 1 unspecified atom stereocenters. The van der Waals surface area contributed by atoms with Gasteiger partial charge in [0.15, 0.2) is 5.82 Å². The third-order valence-electron chi connectivity index (χ3n) is 6.28. The van der Waals surface area contributed by atoms with Crippen molar-refractivity contribution in [2.24, 2.45) is 5.73 Å². The molecule has 1 aliphatic heterocycles. The lowest BCUT2D eigenvalue weighted by atomic mass is 10.0. The number of carbonyl (C=O) groups excluding carboxylic acids is 2. The summed E-state index contributed by atoms with van der Waals surface area (Å²) in [5.41, 5.74) is 4.90. The number of hydrogen-bond acceptors (Lipinski definition) is 7. The van der Waals surface area contributed by atoms with Gasteiger partial charge in [0, 0.05) is 24.7 Å². The quantitative estimate of drug-likeness (QED) is 0.221. The summed E-state index contributed by atoms with van der Waals surface area (Å²) in [5, 5.41) is 2.85. The molecule has 5 N–H and O–H groups in total. The molecule has 0 radical (unpaired) electrons. The van der Waals surface area contributed by atoms with Gasteiger partial charge in [-0.15, -0.1) is 0 Å². The summed E-state index contributed by atoms with van der Waals surface area (Å²) in [5.74, 6) is 5.37. The van der Waals surface area contributed by atoms with Crippen molar-refractivity contribution in [1.29, 1.82) is 0 Å². The van der Waals surface area contributed by atoms with E-state index in [2.05, 4.69) is 27.1 Å². The maximum atomic E-state index is 12.7. The van der Waals surface area contributed by atoms with Gasteiger partial charge in [-0.3, -0.25) is 19.2 Å². The van der Waals surface area contributed by atoms with Crippen LogP contribution in [0.1, 0.15) is 23.7 Å². The van der Waals surface area contributed by atoms with Crippen LogP contribution >= 0.6 is 0 Å². The lowest BCUT2D eigenvalue weighted by Crippen LogP contribution is -2.37. The first kappa shape index (κ1) is 25.3. The number of anilines is 1. The number of hydrogen-bond donors (Lipinski definition) is 4. The van der Waals surface area contributed by atoms with E-state index >= 15 is 0 Å². The van der Waals surface area contributed by atoms with E-state index in [9.17, 15) is 19.2 Å². The minimum absolute atomic E-state index is 0.0407. The van der Waals surface area contributed by atoms with Crippen LogP contribution in [0.2, 0.25) is 0 Å². The first-order chi connectivity index (χ1) is 18.8. The van der Waals surface area contributed by atoms with Crippen LogP contribution in [0.4, 0.5) is 5.82 Å². The summed E-state index contributed by atoms with van der Waals surface area (Å²) < 4.78 is 5.86. The molecule has 1 fully saturated rings. The number of benzene rings is 2. The number of aromatic nitrogens is 3. The van der Waals surface area contributed by atoms with E-state index < -0.39 is 17.0 Å². The van der Waals surface area contributed by atoms with Crippen molar-refractivity contribution in [2.75, 3.05) is 18.0 Å². The summed E-state index contributed by atoms with van der Waals surface area (Å²) in [6.07, 6.45) is 0.603. The molecule has 5 rings (SSSR count). The van der Waals surface area contributed by atoms with E-state index in [1.807, 2.05) is 35.2 Å². The topological polar surface area (TPSA) is 163 Å². The fraction of sp³-hybridized carbons (Fsp3) is 0.179. The van der Waals surface area contributed by atoms with Crippen LogP contribution in [0.3, 0.4) is 0 Å². The molecule has 1 aliphatic rings. The molecular formula is C28H24N6O5. The smallest absolute Gasteiger partial charge is 0.314 e. The van der Waals surface area contributed by atoms with Crippen LogP contribution in [-0.4, -0.2) is 45.9 Å². The molecule has 2 aromatic carbocycles. The standard InChI is InChI=1S/C28H24N6O5/c1-2-6-20(35)30-17-13-14-34(15-17)26-24-23(32-27(37)28(38)33-24)21(25(29)36)22(31-26)16-9-11-19(12-10-16)39-18-7-4-3-5-8-18/h3-5,7-12,17H,13-15H2,1H3,(H2,29,36)(H,30,35)(H,32,37)(H,33,38). The Hall–Kier alpha value is -5.37. The second kappa shape index (κ2) is 10.5. The van der Waals surface area contributed by atoms with E-state index in [1.54, 1.807) is 31.2 Å². The highest BCUT2D eigenvalue weighted by Gasteiger charge is 2.29. The van der Waals surface area contributed by atoms with Crippen LogP contribution in [0.25, 0.3) is 22.3 Å². The van der Waals surface area contributed by atoms with Crippen LogP contribution in [0.5, 0.6) is 11.5 Å². The molecule has 2 amide bonds. The number of amides is 2. The van der Waals surface area contributed by atoms with Gasteiger partial charge in [0.05, 0.1) is 16.8 Å². The Kier molecular flexibility index (Phi) is 6.84. The number of pyridine rings is 1. The third-order valence-corrected chi connectivity index (χ3v) is 6.28. The van der Waals surface area contributed by atoms with Gasteiger partial charge in [-0.05, 0) is 55.7 Å². The molecule has 1 saturated heterocycles. The Morgan fingerprint density at radius 2 is 1.69 bits per heavy atom. The number of carbonyl (C=O) groups is 2. The Morgan fingerprint density at radius 1 is 1.03 bits per heavy atom. The third kappa shape index (κ3) is 5.21. The van der Waals surface area contributed by atoms with Crippen molar-refractivity contribution < 1.29 is 14.3 Å². The Balaban J connectivity index is 1.60. The Morgan fingerprint density at radius 3 is 2.36 bits per heavy atom. The van der Waals surface area contributed by atoms with E-state index in [0.29, 0.717) is 42.4 Å². The van der Waals surface area contributed by atoms with Crippen LogP contribution in [-0.2, 0) is 4.79 Å². The number of nitrogens with one attached hydrogen (secondary N) is 3. The molecule has 196 valence electrons. The lowest BCUT2D eigenvalue weighted by Gasteiger charge is -2.22. The van der Waals surface area contributed by atoms with Gasteiger partial charge in [0.2, 0.25) is 0 Å². The number of H-pyrrole nitrogens is 2. The summed E-state index contributed by atoms with van der Waals surface area (Å²) in [6.45, 7) is 2.45. The van der Waals surface area contributed by atoms with Gasteiger partial charge >= 0.3 is 11.1 Å². The zero-order chi connectivity index (χ0) is 27.5. The summed E-state index contributed by atoms with van der Waals surface area (Å²) in [4.78, 5) is 60.8. The lowest BCUT2D eigenvalue weighted by molar-refractivity contribution is -0.116. The zero-order valence-electron chi connectivity index (χ0n) is 20.9. The molecular weight excluding hydrogens is 500 g/mol. The number of fused-ring (bicyclic) bond motifs is 1. The highest BCUT2D eigenvalue weighted by atomic mass is 16.5. The summed E-state index contributed by atoms with van der Waals surface area (Å²) >= 11 is 0. The van der Waals surface area contributed by atoms with E-state index in [-0.39, 0.29) is 34.2 Å². The van der Waals surface area contributed by atoms with Crippen LogP contribution in [0.15, 0.2) is 64.2 Å². The van der Waals surface area contributed by atoms with Gasteiger partial charge in [-0.25, -0.2) is 4.98 Å². The molecule has 11 heteroatoms. The number of nitrogens with zero attached hydrogens (tertiary/aromatic N) is 2. The van der Waals surface area contributed by atoms with Crippen molar-refractivity contribution in [3.63, 3.8) is 0 Å². The van der Waals surface area contributed by atoms with E-state index in [0.717, 1.165) is 0 Å². The van der Waals surface area contributed by atoms with Crippen molar-refractivity contribution in [3.05, 3.63) is 80.9 Å². The first-order valence-electron chi connectivity index (χ1n) is 12.2. The monoisotopic (exact) mass is 524 g/mol. The SMILES string of the molecule is CC#CC(=O)NC1CCN(c2nc(-c3ccc(Oc4ccccc4)cc3)c(C(N)=O)c3[nH]c(=O)c(=O)[nH]c23)C1. The highest BCUT2D eigenvalue weighted by molar-refractivity contribution is 6.11. The average Bonchev–Trinajstić information content (AvgIpc) is 3.37. The van der Waals surface area contributed by atoms with Gasteiger partial charge in [0.25, 0.3) is 11.8 Å². The molecule has 0 spiro atoms. The van der Waals surface area contributed by atoms with Gasteiger partial charge in [0.1, 0.15) is 17.0 Å². The zero-order valence-corrected chi connectivity index (χ0v) is 20.9. The highest BCUT2D eigenvalue weighted by Crippen LogP contribution is 2.34. The molecule has 4 aromatic rings.